The average Bonchev–Trinajstić information content (AvgIpc) is 3.03. The van der Waals surface area contributed by atoms with E-state index < -0.39 is 11.4 Å². The Balaban J connectivity index is 1.86. The monoisotopic (exact) mass is 286 g/mol. The van der Waals surface area contributed by atoms with Gasteiger partial charge in [0.25, 0.3) is 0 Å². The van der Waals surface area contributed by atoms with E-state index in [4.69, 9.17) is 5.73 Å². The molecular weight excluding hydrogens is 268 g/mol. The van der Waals surface area contributed by atoms with E-state index in [1.807, 2.05) is 22.9 Å². The van der Waals surface area contributed by atoms with Gasteiger partial charge in [-0.25, -0.2) is 4.98 Å². The van der Waals surface area contributed by atoms with E-state index in [1.54, 1.807) is 18.7 Å². The lowest BCUT2D eigenvalue weighted by atomic mass is 9.98. The normalized spacial score (nSPS) is 24.0. The van der Waals surface area contributed by atoms with Crippen molar-refractivity contribution in [3.05, 3.63) is 42.7 Å². The summed E-state index contributed by atoms with van der Waals surface area (Å²) in [4.78, 5) is 20.0. The molecule has 6 heteroatoms. The minimum absolute atomic E-state index is 0.138. The van der Waals surface area contributed by atoms with Gasteiger partial charge in [0.1, 0.15) is 5.41 Å². The maximum absolute atomic E-state index is 11.7. The molecule has 0 radical (unpaired) electrons. The van der Waals surface area contributed by atoms with Crippen LogP contribution in [0, 0.1) is 5.92 Å². The quantitative estimate of drug-likeness (QED) is 0.836. The first-order chi connectivity index (χ1) is 10.2. The molecule has 0 aliphatic heterocycles. The van der Waals surface area contributed by atoms with E-state index in [-0.39, 0.29) is 5.92 Å². The van der Waals surface area contributed by atoms with Crippen molar-refractivity contribution < 1.29 is 9.90 Å². The van der Waals surface area contributed by atoms with Crippen LogP contribution in [0.1, 0.15) is 25.0 Å². The van der Waals surface area contributed by atoms with Crippen molar-refractivity contribution in [3.8, 4) is 5.69 Å². The fourth-order valence-electron chi connectivity index (χ4n) is 2.94. The van der Waals surface area contributed by atoms with Gasteiger partial charge >= 0.3 is 5.97 Å². The van der Waals surface area contributed by atoms with Crippen LogP contribution in [0.2, 0.25) is 0 Å². The van der Waals surface area contributed by atoms with Crippen LogP contribution in [-0.4, -0.2) is 32.2 Å². The lowest BCUT2D eigenvalue weighted by Gasteiger charge is -2.09. The highest BCUT2D eigenvalue weighted by atomic mass is 16.4. The fourth-order valence-corrected chi connectivity index (χ4v) is 2.94. The van der Waals surface area contributed by atoms with Gasteiger partial charge in [-0.2, -0.15) is 0 Å². The van der Waals surface area contributed by atoms with E-state index in [0.717, 1.165) is 18.5 Å². The molecule has 2 unspecified atom stereocenters. The van der Waals surface area contributed by atoms with Gasteiger partial charge in [0.05, 0.1) is 12.0 Å². The number of hydrogen-bond acceptors (Lipinski definition) is 4. The molecule has 110 valence electrons. The number of carboxylic acid groups (broad SMARTS) is 1. The first-order valence-corrected chi connectivity index (χ1v) is 7.07. The first-order valence-electron chi connectivity index (χ1n) is 7.07. The molecule has 2 aromatic heterocycles. The molecule has 1 aliphatic carbocycles. The third-order valence-corrected chi connectivity index (χ3v) is 4.24. The van der Waals surface area contributed by atoms with Crippen molar-refractivity contribution >= 4 is 5.97 Å². The van der Waals surface area contributed by atoms with E-state index in [2.05, 4.69) is 9.97 Å². The second-order valence-corrected chi connectivity index (χ2v) is 5.48. The third-order valence-electron chi connectivity index (χ3n) is 4.24. The van der Waals surface area contributed by atoms with Gasteiger partial charge in [-0.15, -0.1) is 0 Å². The van der Waals surface area contributed by atoms with Crippen LogP contribution in [0.15, 0.2) is 37.1 Å². The second-order valence-electron chi connectivity index (χ2n) is 5.48. The van der Waals surface area contributed by atoms with Gasteiger partial charge < -0.3 is 15.4 Å². The lowest BCUT2D eigenvalue weighted by molar-refractivity contribution is -0.140. The van der Waals surface area contributed by atoms with Gasteiger partial charge in [-0.1, -0.05) is 0 Å². The molecule has 0 aromatic carbocycles. The number of carboxylic acids is 1. The Morgan fingerprint density at radius 3 is 2.90 bits per heavy atom. The molecule has 0 bridgehead atoms. The molecule has 6 nitrogen and oxygen atoms in total. The summed E-state index contributed by atoms with van der Waals surface area (Å²) in [6, 6.07) is 3.72. The SMILES string of the molecule is NCCCC1CC1(C(=O)O)c1cn(-c2ccncc2)cn1. The zero-order valence-corrected chi connectivity index (χ0v) is 11.6. The smallest absolute Gasteiger partial charge is 0.316 e. The number of carbonyl (C=O) groups is 1. The predicted molar refractivity (Wildman–Crippen MR) is 77.1 cm³/mol. The summed E-state index contributed by atoms with van der Waals surface area (Å²) in [6.07, 6.45) is 9.21. The van der Waals surface area contributed by atoms with Crippen molar-refractivity contribution in [3.63, 3.8) is 0 Å². The van der Waals surface area contributed by atoms with Gasteiger partial charge in [-0.3, -0.25) is 9.78 Å². The number of hydrogen-bond donors (Lipinski definition) is 2. The van der Waals surface area contributed by atoms with Crippen molar-refractivity contribution in [1.29, 1.82) is 0 Å². The molecule has 0 amide bonds. The molecule has 3 rings (SSSR count). The molecule has 2 atom stereocenters. The van der Waals surface area contributed by atoms with Gasteiger partial charge in [0, 0.05) is 24.3 Å². The van der Waals surface area contributed by atoms with Crippen molar-refractivity contribution in [2.75, 3.05) is 6.54 Å². The fraction of sp³-hybridized carbons (Fsp3) is 0.400. The van der Waals surface area contributed by atoms with Crippen LogP contribution >= 0.6 is 0 Å². The molecular formula is C15H18N4O2. The number of rotatable bonds is 6. The summed E-state index contributed by atoms with van der Waals surface area (Å²) in [5.41, 5.74) is 6.24. The highest BCUT2D eigenvalue weighted by Crippen LogP contribution is 2.56. The number of pyridine rings is 1. The van der Waals surface area contributed by atoms with Crippen molar-refractivity contribution in [2.24, 2.45) is 11.7 Å². The zero-order valence-electron chi connectivity index (χ0n) is 11.6. The van der Waals surface area contributed by atoms with Crippen LogP contribution in [-0.2, 0) is 10.2 Å². The summed E-state index contributed by atoms with van der Waals surface area (Å²) < 4.78 is 1.83. The largest absolute Gasteiger partial charge is 0.481 e. The van der Waals surface area contributed by atoms with Crippen LogP contribution in [0.5, 0.6) is 0 Å². The van der Waals surface area contributed by atoms with E-state index in [9.17, 15) is 9.90 Å². The Morgan fingerprint density at radius 2 is 2.24 bits per heavy atom. The molecule has 1 fully saturated rings. The van der Waals surface area contributed by atoms with Crippen molar-refractivity contribution in [2.45, 2.75) is 24.7 Å². The van der Waals surface area contributed by atoms with Crippen LogP contribution in [0.4, 0.5) is 0 Å². The number of nitrogens with two attached hydrogens (primary N) is 1. The maximum atomic E-state index is 11.7. The maximum Gasteiger partial charge on any atom is 0.316 e. The van der Waals surface area contributed by atoms with E-state index >= 15 is 0 Å². The lowest BCUT2D eigenvalue weighted by Crippen LogP contribution is -2.23. The summed E-state index contributed by atoms with van der Waals surface area (Å²) in [5, 5.41) is 9.62. The predicted octanol–water partition coefficient (Wildman–Crippen LogP) is 1.35. The Hall–Kier alpha value is -2.21. The van der Waals surface area contributed by atoms with E-state index in [0.29, 0.717) is 18.7 Å². The Labute approximate surface area is 122 Å². The Morgan fingerprint density at radius 1 is 1.48 bits per heavy atom. The highest BCUT2D eigenvalue weighted by Gasteiger charge is 2.62. The number of imidazole rings is 1. The minimum atomic E-state index is -0.826. The first kappa shape index (κ1) is 13.8. The Bertz CT molecular complexity index is 640. The Kier molecular flexibility index (Phi) is 3.47. The molecule has 1 aliphatic rings. The summed E-state index contributed by atoms with van der Waals surface area (Å²) in [6.45, 7) is 0.595. The summed E-state index contributed by atoms with van der Waals surface area (Å²) in [7, 11) is 0. The highest BCUT2D eigenvalue weighted by molar-refractivity contribution is 5.85. The number of aliphatic carboxylic acids is 1. The van der Waals surface area contributed by atoms with E-state index in [1.165, 1.54) is 0 Å². The summed E-state index contributed by atoms with van der Waals surface area (Å²) >= 11 is 0. The van der Waals surface area contributed by atoms with Gasteiger partial charge in [0.2, 0.25) is 0 Å². The standard InChI is InChI=1S/C15H18N4O2/c16-5-1-2-11-8-15(11,14(20)21)13-9-19(10-18-13)12-3-6-17-7-4-12/h3-4,6-7,9-11H,1-2,5,8,16H2,(H,20,21). The number of nitrogens with zero attached hydrogens (tertiary/aromatic N) is 3. The van der Waals surface area contributed by atoms with Crippen LogP contribution in [0.25, 0.3) is 5.69 Å². The zero-order chi connectivity index (χ0) is 14.9. The molecule has 0 saturated heterocycles. The molecule has 2 aromatic rings. The van der Waals surface area contributed by atoms with Crippen LogP contribution in [0.3, 0.4) is 0 Å². The number of aromatic nitrogens is 3. The molecule has 1 saturated carbocycles. The average molecular weight is 286 g/mol. The molecule has 0 spiro atoms. The third kappa shape index (κ3) is 2.31. The van der Waals surface area contributed by atoms with Crippen molar-refractivity contribution in [1.82, 2.24) is 14.5 Å². The summed E-state index contributed by atoms with van der Waals surface area (Å²) in [5.74, 6) is -0.649. The molecule has 3 N–H and O–H groups in total. The topological polar surface area (TPSA) is 94.0 Å². The minimum Gasteiger partial charge on any atom is -0.481 e. The van der Waals surface area contributed by atoms with Gasteiger partial charge in [-0.05, 0) is 43.9 Å². The molecule has 2 heterocycles. The van der Waals surface area contributed by atoms with Gasteiger partial charge in [0.15, 0.2) is 0 Å². The second kappa shape index (κ2) is 5.29. The van der Waals surface area contributed by atoms with Crippen LogP contribution < -0.4 is 5.73 Å². The molecule has 21 heavy (non-hydrogen) atoms.